The van der Waals surface area contributed by atoms with Crippen molar-refractivity contribution in [3.63, 3.8) is 0 Å². The molecule has 1 aromatic carbocycles. The van der Waals surface area contributed by atoms with Crippen molar-refractivity contribution in [2.45, 2.75) is 26.3 Å². The lowest BCUT2D eigenvalue weighted by atomic mass is 10.1. The molecule has 1 aliphatic rings. The molecule has 1 saturated heterocycles. The van der Waals surface area contributed by atoms with Gasteiger partial charge in [-0.15, -0.1) is 0 Å². The molecule has 1 aliphatic heterocycles. The summed E-state index contributed by atoms with van der Waals surface area (Å²) in [5.74, 6) is -0.170. The minimum atomic E-state index is -0.490. The van der Waals surface area contributed by atoms with Crippen molar-refractivity contribution in [3.05, 3.63) is 39.9 Å². The molecule has 8 nitrogen and oxygen atoms in total. The SMILES string of the molecule is CC(C)(C)NC(=O)CN1CCN(C(=O)c2ccc([N+](=O)[O-])cc2)CC1. The van der Waals surface area contributed by atoms with Gasteiger partial charge in [0.25, 0.3) is 11.6 Å². The molecule has 0 radical (unpaired) electrons. The first-order chi connectivity index (χ1) is 11.7. The van der Waals surface area contributed by atoms with Crippen molar-refractivity contribution in [1.29, 1.82) is 0 Å². The summed E-state index contributed by atoms with van der Waals surface area (Å²) in [6.07, 6.45) is 0. The zero-order chi connectivity index (χ0) is 18.6. The number of nitrogens with zero attached hydrogens (tertiary/aromatic N) is 3. The Morgan fingerprint density at radius 3 is 2.16 bits per heavy atom. The molecule has 8 heteroatoms. The molecule has 0 atom stereocenters. The smallest absolute Gasteiger partial charge is 0.269 e. The predicted octanol–water partition coefficient (Wildman–Crippen LogP) is 1.27. The zero-order valence-corrected chi connectivity index (χ0v) is 14.8. The zero-order valence-electron chi connectivity index (χ0n) is 14.8. The van der Waals surface area contributed by atoms with E-state index in [4.69, 9.17) is 0 Å². The minimum Gasteiger partial charge on any atom is -0.350 e. The number of benzene rings is 1. The maximum atomic E-state index is 12.5. The number of nitro groups is 1. The third-order valence-electron chi connectivity index (χ3n) is 3.87. The lowest BCUT2D eigenvalue weighted by Gasteiger charge is -2.35. The first-order valence-electron chi connectivity index (χ1n) is 8.23. The number of carbonyl (C=O) groups excluding carboxylic acids is 2. The average Bonchev–Trinajstić information content (AvgIpc) is 2.53. The van der Waals surface area contributed by atoms with E-state index in [1.54, 1.807) is 4.90 Å². The van der Waals surface area contributed by atoms with Gasteiger partial charge in [0.2, 0.25) is 5.91 Å². The second kappa shape index (κ2) is 7.60. The number of rotatable bonds is 4. The van der Waals surface area contributed by atoms with E-state index in [0.717, 1.165) is 0 Å². The maximum Gasteiger partial charge on any atom is 0.269 e. The van der Waals surface area contributed by atoms with Crippen molar-refractivity contribution in [2.75, 3.05) is 32.7 Å². The fourth-order valence-corrected chi connectivity index (χ4v) is 2.68. The number of carbonyl (C=O) groups is 2. The largest absolute Gasteiger partial charge is 0.350 e. The van der Waals surface area contributed by atoms with E-state index in [9.17, 15) is 19.7 Å². The fraction of sp³-hybridized carbons (Fsp3) is 0.529. The number of hydrogen-bond donors (Lipinski definition) is 1. The second-order valence-electron chi connectivity index (χ2n) is 7.17. The molecule has 1 N–H and O–H groups in total. The van der Waals surface area contributed by atoms with Crippen LogP contribution in [0.4, 0.5) is 5.69 Å². The van der Waals surface area contributed by atoms with Crippen molar-refractivity contribution >= 4 is 17.5 Å². The van der Waals surface area contributed by atoms with Gasteiger partial charge in [0, 0.05) is 49.4 Å². The minimum absolute atomic E-state index is 0.0253. The average molecular weight is 348 g/mol. The summed E-state index contributed by atoms with van der Waals surface area (Å²) in [5.41, 5.74) is 0.140. The van der Waals surface area contributed by atoms with E-state index in [0.29, 0.717) is 38.3 Å². The van der Waals surface area contributed by atoms with Gasteiger partial charge in [-0.05, 0) is 32.9 Å². The number of non-ortho nitro benzene ring substituents is 1. The van der Waals surface area contributed by atoms with Crippen molar-refractivity contribution in [3.8, 4) is 0 Å². The van der Waals surface area contributed by atoms with Crippen LogP contribution < -0.4 is 5.32 Å². The van der Waals surface area contributed by atoms with Crippen LogP contribution in [0.5, 0.6) is 0 Å². The first-order valence-corrected chi connectivity index (χ1v) is 8.23. The van der Waals surface area contributed by atoms with Gasteiger partial charge in [-0.2, -0.15) is 0 Å². The van der Waals surface area contributed by atoms with Crippen LogP contribution in [0.2, 0.25) is 0 Å². The van der Waals surface area contributed by atoms with E-state index >= 15 is 0 Å². The van der Waals surface area contributed by atoms with Gasteiger partial charge in [0.15, 0.2) is 0 Å². The Labute approximate surface area is 146 Å². The van der Waals surface area contributed by atoms with Crippen LogP contribution in [0.25, 0.3) is 0 Å². The highest BCUT2D eigenvalue weighted by Crippen LogP contribution is 2.14. The number of nitrogens with one attached hydrogen (secondary N) is 1. The first kappa shape index (κ1) is 18.9. The summed E-state index contributed by atoms with van der Waals surface area (Å²) in [4.78, 5) is 38.3. The number of amides is 2. The number of nitro benzene ring substituents is 1. The van der Waals surface area contributed by atoms with Crippen molar-refractivity contribution < 1.29 is 14.5 Å². The summed E-state index contributed by atoms with van der Waals surface area (Å²) in [6, 6.07) is 5.62. The topological polar surface area (TPSA) is 95.8 Å². The van der Waals surface area contributed by atoms with Crippen LogP contribution in [0.3, 0.4) is 0 Å². The number of piperazine rings is 1. The third-order valence-corrected chi connectivity index (χ3v) is 3.87. The molecule has 136 valence electrons. The van der Waals surface area contributed by atoms with Crippen LogP contribution in [-0.2, 0) is 4.79 Å². The Morgan fingerprint density at radius 2 is 1.68 bits per heavy atom. The van der Waals surface area contributed by atoms with Crippen molar-refractivity contribution in [2.24, 2.45) is 0 Å². The van der Waals surface area contributed by atoms with Gasteiger partial charge in [0.05, 0.1) is 11.5 Å². The van der Waals surface area contributed by atoms with Gasteiger partial charge >= 0.3 is 0 Å². The van der Waals surface area contributed by atoms with E-state index in [1.807, 2.05) is 25.7 Å². The summed E-state index contributed by atoms with van der Waals surface area (Å²) in [7, 11) is 0. The predicted molar refractivity (Wildman–Crippen MR) is 93.3 cm³/mol. The Balaban J connectivity index is 1.86. The normalized spacial score (nSPS) is 15.7. The molecular weight excluding hydrogens is 324 g/mol. The van der Waals surface area contributed by atoms with E-state index in [1.165, 1.54) is 24.3 Å². The molecule has 1 fully saturated rings. The van der Waals surface area contributed by atoms with Crippen LogP contribution in [0.1, 0.15) is 31.1 Å². The molecule has 0 aliphatic carbocycles. The highest BCUT2D eigenvalue weighted by atomic mass is 16.6. The van der Waals surface area contributed by atoms with Crippen LogP contribution in [0.15, 0.2) is 24.3 Å². The fourth-order valence-electron chi connectivity index (χ4n) is 2.68. The second-order valence-corrected chi connectivity index (χ2v) is 7.17. The van der Waals surface area contributed by atoms with E-state index in [-0.39, 0.29) is 23.0 Å². The van der Waals surface area contributed by atoms with Gasteiger partial charge in [0.1, 0.15) is 0 Å². The summed E-state index contributed by atoms with van der Waals surface area (Å²) in [5, 5.41) is 13.6. The van der Waals surface area contributed by atoms with Gasteiger partial charge in [-0.1, -0.05) is 0 Å². The maximum absolute atomic E-state index is 12.5. The lowest BCUT2D eigenvalue weighted by molar-refractivity contribution is -0.384. The molecule has 25 heavy (non-hydrogen) atoms. The highest BCUT2D eigenvalue weighted by Gasteiger charge is 2.24. The Morgan fingerprint density at radius 1 is 1.12 bits per heavy atom. The summed E-state index contributed by atoms with van der Waals surface area (Å²) >= 11 is 0. The van der Waals surface area contributed by atoms with Gasteiger partial charge in [-0.25, -0.2) is 0 Å². The highest BCUT2D eigenvalue weighted by molar-refractivity contribution is 5.94. The molecule has 0 spiro atoms. The molecule has 2 rings (SSSR count). The van der Waals surface area contributed by atoms with Gasteiger partial charge in [-0.3, -0.25) is 24.6 Å². The molecule has 0 unspecified atom stereocenters. The Kier molecular flexibility index (Phi) is 5.73. The molecule has 1 heterocycles. The van der Waals surface area contributed by atoms with Gasteiger partial charge < -0.3 is 10.2 Å². The molecule has 0 aromatic heterocycles. The molecule has 0 bridgehead atoms. The van der Waals surface area contributed by atoms with Crippen LogP contribution >= 0.6 is 0 Å². The summed E-state index contributed by atoms with van der Waals surface area (Å²) in [6.45, 7) is 8.42. The molecule has 0 saturated carbocycles. The standard InChI is InChI=1S/C17H24N4O4/c1-17(2,3)18-15(22)12-19-8-10-20(11-9-19)16(23)13-4-6-14(7-5-13)21(24)25/h4-7H,8-12H2,1-3H3,(H,18,22). The van der Waals surface area contributed by atoms with E-state index in [2.05, 4.69) is 5.32 Å². The number of hydrogen-bond acceptors (Lipinski definition) is 5. The summed E-state index contributed by atoms with van der Waals surface area (Å²) < 4.78 is 0. The Bertz CT molecular complexity index is 644. The molecule has 2 amide bonds. The van der Waals surface area contributed by atoms with E-state index < -0.39 is 4.92 Å². The molecule has 1 aromatic rings. The molecular formula is C17H24N4O4. The van der Waals surface area contributed by atoms with Crippen LogP contribution in [0, 0.1) is 10.1 Å². The van der Waals surface area contributed by atoms with Crippen molar-refractivity contribution in [1.82, 2.24) is 15.1 Å². The Hall–Kier alpha value is -2.48. The third kappa shape index (κ3) is 5.53. The monoisotopic (exact) mass is 348 g/mol. The van der Waals surface area contributed by atoms with Crippen LogP contribution in [-0.4, -0.2) is 64.8 Å². The lowest BCUT2D eigenvalue weighted by Crippen LogP contribution is -2.52. The quantitative estimate of drug-likeness (QED) is 0.653.